The average Bonchev–Trinajstić information content (AvgIpc) is 2.52. The van der Waals surface area contributed by atoms with Gasteiger partial charge in [-0.3, -0.25) is 4.98 Å². The van der Waals surface area contributed by atoms with E-state index in [0.717, 1.165) is 23.6 Å². The lowest BCUT2D eigenvalue weighted by molar-refractivity contribution is 0.295. The Kier molecular flexibility index (Phi) is 4.20. The molecule has 2 aromatic rings. The van der Waals surface area contributed by atoms with Gasteiger partial charge in [-0.05, 0) is 62.6 Å². The summed E-state index contributed by atoms with van der Waals surface area (Å²) in [5, 5.41) is 3.40. The number of fused-ring (bicyclic) bond motifs is 1. The van der Waals surface area contributed by atoms with Crippen LogP contribution in [0.3, 0.4) is 0 Å². The summed E-state index contributed by atoms with van der Waals surface area (Å²) in [6.07, 6.45) is 3.51. The molecule has 1 unspecified atom stereocenters. The monoisotopic (exact) mass is 282 g/mol. The van der Waals surface area contributed by atoms with E-state index in [-0.39, 0.29) is 0 Å². The second-order valence-electron chi connectivity index (χ2n) is 5.62. The third-order valence-electron chi connectivity index (χ3n) is 4.13. The smallest absolute Gasteiger partial charge is 0.130 e. The van der Waals surface area contributed by atoms with Gasteiger partial charge in [0.1, 0.15) is 12.4 Å². The van der Waals surface area contributed by atoms with Gasteiger partial charge >= 0.3 is 0 Å². The Morgan fingerprint density at radius 2 is 2.10 bits per heavy atom. The first-order valence-corrected chi connectivity index (χ1v) is 7.62. The third-order valence-corrected chi connectivity index (χ3v) is 4.13. The maximum atomic E-state index is 6.05. The maximum absolute atomic E-state index is 6.05. The Morgan fingerprint density at radius 3 is 2.90 bits per heavy atom. The molecule has 110 valence electrons. The minimum atomic E-state index is 0.453. The number of hydrogen-bond donors (Lipinski definition) is 1. The van der Waals surface area contributed by atoms with E-state index in [1.54, 1.807) is 0 Å². The zero-order valence-electron chi connectivity index (χ0n) is 12.7. The second-order valence-corrected chi connectivity index (χ2v) is 5.62. The molecule has 0 saturated heterocycles. The third kappa shape index (κ3) is 3.08. The predicted molar refractivity (Wildman–Crippen MR) is 84.5 cm³/mol. The Balaban J connectivity index is 1.80. The van der Waals surface area contributed by atoms with Gasteiger partial charge in [0.15, 0.2) is 0 Å². The molecule has 1 heterocycles. The van der Waals surface area contributed by atoms with Crippen LogP contribution in [-0.4, -0.2) is 12.0 Å². The Labute approximate surface area is 126 Å². The minimum Gasteiger partial charge on any atom is -0.487 e. The Bertz CT molecular complexity index is 624. The minimum absolute atomic E-state index is 0.453. The van der Waals surface area contributed by atoms with Crippen molar-refractivity contribution in [3.8, 4) is 5.75 Å². The number of nitrogens with zero attached hydrogens (tertiary/aromatic N) is 1. The fourth-order valence-electron chi connectivity index (χ4n) is 3.08. The number of nitrogens with one attached hydrogen (secondary N) is 1. The summed E-state index contributed by atoms with van der Waals surface area (Å²) in [6.45, 7) is 2.54. The lowest BCUT2D eigenvalue weighted by atomic mass is 9.87. The van der Waals surface area contributed by atoms with E-state index in [1.165, 1.54) is 24.0 Å². The van der Waals surface area contributed by atoms with Crippen molar-refractivity contribution in [1.29, 1.82) is 0 Å². The fourth-order valence-corrected chi connectivity index (χ4v) is 3.08. The molecule has 0 radical (unpaired) electrons. The highest BCUT2D eigenvalue weighted by atomic mass is 16.5. The van der Waals surface area contributed by atoms with Crippen molar-refractivity contribution in [3.63, 3.8) is 0 Å². The summed E-state index contributed by atoms with van der Waals surface area (Å²) in [5.41, 5.74) is 4.75. The van der Waals surface area contributed by atoms with Crippen LogP contribution in [0.4, 0.5) is 0 Å². The molecule has 0 amide bonds. The van der Waals surface area contributed by atoms with Crippen molar-refractivity contribution >= 4 is 0 Å². The molecule has 1 aromatic carbocycles. The lowest BCUT2D eigenvalue weighted by Crippen LogP contribution is -2.22. The van der Waals surface area contributed by atoms with E-state index in [0.29, 0.717) is 12.6 Å². The molecule has 1 aliphatic rings. The zero-order valence-corrected chi connectivity index (χ0v) is 12.7. The molecule has 0 saturated carbocycles. The topological polar surface area (TPSA) is 34.1 Å². The number of aryl methyl sites for hydroxylation is 1. The van der Waals surface area contributed by atoms with Crippen LogP contribution in [0.25, 0.3) is 0 Å². The van der Waals surface area contributed by atoms with Gasteiger partial charge < -0.3 is 10.1 Å². The molecule has 0 bridgehead atoms. The van der Waals surface area contributed by atoms with Crippen LogP contribution in [0.1, 0.15) is 41.4 Å². The highest BCUT2D eigenvalue weighted by Crippen LogP contribution is 2.35. The van der Waals surface area contributed by atoms with Crippen LogP contribution in [-0.2, 0) is 13.0 Å². The van der Waals surface area contributed by atoms with Crippen LogP contribution in [0.2, 0.25) is 0 Å². The van der Waals surface area contributed by atoms with Gasteiger partial charge in [0, 0.05) is 11.7 Å². The summed E-state index contributed by atoms with van der Waals surface area (Å²) in [6, 6.07) is 12.9. The van der Waals surface area contributed by atoms with E-state index in [9.17, 15) is 0 Å². The molecule has 1 aromatic heterocycles. The standard InChI is InChI=1S/C18H22N2O/c1-13-6-3-7-14(20-13)12-21-18-11-5-8-15-16(18)9-4-10-17(15)19-2/h3,5-8,11,17,19H,4,9-10,12H2,1-2H3. The number of rotatable bonds is 4. The Morgan fingerprint density at radius 1 is 1.24 bits per heavy atom. The summed E-state index contributed by atoms with van der Waals surface area (Å²) < 4.78 is 6.05. The normalized spacial score (nSPS) is 17.3. The first-order chi connectivity index (χ1) is 10.3. The zero-order chi connectivity index (χ0) is 14.7. The van der Waals surface area contributed by atoms with Crippen molar-refractivity contribution in [2.75, 3.05) is 7.05 Å². The van der Waals surface area contributed by atoms with Crippen LogP contribution in [0.15, 0.2) is 36.4 Å². The SMILES string of the molecule is CNC1CCCc2c(OCc3cccc(C)n3)cccc21. The van der Waals surface area contributed by atoms with E-state index in [4.69, 9.17) is 4.74 Å². The molecule has 1 aliphatic carbocycles. The molecular weight excluding hydrogens is 260 g/mol. The summed E-state index contributed by atoms with van der Waals surface area (Å²) >= 11 is 0. The van der Waals surface area contributed by atoms with Gasteiger partial charge in [0.2, 0.25) is 0 Å². The first-order valence-electron chi connectivity index (χ1n) is 7.62. The van der Waals surface area contributed by atoms with Crippen LogP contribution in [0, 0.1) is 6.92 Å². The quantitative estimate of drug-likeness (QED) is 0.931. The van der Waals surface area contributed by atoms with E-state index < -0.39 is 0 Å². The van der Waals surface area contributed by atoms with Crippen LogP contribution in [0.5, 0.6) is 5.75 Å². The van der Waals surface area contributed by atoms with E-state index in [2.05, 4.69) is 28.5 Å². The van der Waals surface area contributed by atoms with Crippen molar-refractivity contribution in [3.05, 3.63) is 58.9 Å². The van der Waals surface area contributed by atoms with E-state index >= 15 is 0 Å². The highest BCUT2D eigenvalue weighted by Gasteiger charge is 2.21. The van der Waals surface area contributed by atoms with Crippen LogP contribution >= 0.6 is 0 Å². The molecule has 0 fully saturated rings. The predicted octanol–water partition coefficient (Wildman–Crippen LogP) is 3.57. The molecule has 3 heteroatoms. The number of hydrogen-bond acceptors (Lipinski definition) is 3. The average molecular weight is 282 g/mol. The van der Waals surface area contributed by atoms with Crippen LogP contribution < -0.4 is 10.1 Å². The molecule has 21 heavy (non-hydrogen) atoms. The maximum Gasteiger partial charge on any atom is 0.130 e. The molecule has 1 atom stereocenters. The molecule has 3 nitrogen and oxygen atoms in total. The van der Waals surface area contributed by atoms with E-state index in [1.807, 2.05) is 32.2 Å². The first kappa shape index (κ1) is 14.1. The number of benzene rings is 1. The largest absolute Gasteiger partial charge is 0.487 e. The number of pyridine rings is 1. The molecule has 1 N–H and O–H groups in total. The van der Waals surface area contributed by atoms with Crippen molar-refractivity contribution in [1.82, 2.24) is 10.3 Å². The van der Waals surface area contributed by atoms with Gasteiger partial charge in [0.05, 0.1) is 5.69 Å². The molecule has 3 rings (SSSR count). The van der Waals surface area contributed by atoms with Crippen molar-refractivity contribution in [2.24, 2.45) is 0 Å². The number of aromatic nitrogens is 1. The molecule has 0 aliphatic heterocycles. The molecular formula is C18H22N2O. The molecule has 0 spiro atoms. The Hall–Kier alpha value is -1.87. The van der Waals surface area contributed by atoms with Gasteiger partial charge in [-0.1, -0.05) is 18.2 Å². The number of ether oxygens (including phenoxy) is 1. The van der Waals surface area contributed by atoms with Gasteiger partial charge in [-0.2, -0.15) is 0 Å². The van der Waals surface area contributed by atoms with Gasteiger partial charge in [-0.15, -0.1) is 0 Å². The lowest BCUT2D eigenvalue weighted by Gasteiger charge is -2.26. The summed E-state index contributed by atoms with van der Waals surface area (Å²) in [7, 11) is 2.03. The highest BCUT2D eigenvalue weighted by molar-refractivity contribution is 5.43. The van der Waals surface area contributed by atoms with Gasteiger partial charge in [0.25, 0.3) is 0 Å². The second kappa shape index (κ2) is 6.27. The van der Waals surface area contributed by atoms with Crippen molar-refractivity contribution in [2.45, 2.75) is 38.8 Å². The summed E-state index contributed by atoms with van der Waals surface area (Å²) in [5.74, 6) is 1.01. The summed E-state index contributed by atoms with van der Waals surface area (Å²) in [4.78, 5) is 4.49. The van der Waals surface area contributed by atoms with Crippen molar-refractivity contribution < 1.29 is 4.74 Å². The van der Waals surface area contributed by atoms with Gasteiger partial charge in [-0.25, -0.2) is 0 Å². The fraction of sp³-hybridized carbons (Fsp3) is 0.389.